The molecule has 0 radical (unpaired) electrons. The molecule has 0 aromatic carbocycles. The molecule has 4 nitrogen and oxygen atoms in total. The van der Waals surface area contributed by atoms with E-state index in [1.807, 2.05) is 0 Å². The van der Waals surface area contributed by atoms with Gasteiger partial charge in [-0.2, -0.15) is 13.2 Å². The van der Waals surface area contributed by atoms with Gasteiger partial charge in [0.25, 0.3) is 5.91 Å². The molecule has 1 amide bonds. The molecular weight excluding hydrogens is 233 g/mol. The summed E-state index contributed by atoms with van der Waals surface area (Å²) in [5.74, 6) is -0.718. The SMILES string of the molecule is CON(C)C(=O)c1csc(C(F)(F)F)n1. The first-order valence-electron chi connectivity index (χ1n) is 3.71. The molecule has 0 aliphatic carbocycles. The third kappa shape index (κ3) is 2.66. The molecule has 0 N–H and O–H groups in total. The normalized spacial score (nSPS) is 11.5. The van der Waals surface area contributed by atoms with Gasteiger partial charge in [-0.3, -0.25) is 9.63 Å². The number of thiazole rings is 1. The average Bonchev–Trinajstić information content (AvgIpc) is 2.63. The first-order chi connectivity index (χ1) is 6.86. The summed E-state index contributed by atoms with van der Waals surface area (Å²) in [7, 11) is 2.52. The number of hydrogen-bond donors (Lipinski definition) is 0. The van der Waals surface area contributed by atoms with Crippen LogP contribution in [0.15, 0.2) is 5.38 Å². The zero-order valence-corrected chi connectivity index (χ0v) is 8.65. The van der Waals surface area contributed by atoms with Crippen molar-refractivity contribution in [3.63, 3.8) is 0 Å². The number of hydrogen-bond acceptors (Lipinski definition) is 4. The van der Waals surface area contributed by atoms with Crippen LogP contribution in [0.4, 0.5) is 13.2 Å². The Morgan fingerprint density at radius 1 is 1.60 bits per heavy atom. The zero-order chi connectivity index (χ0) is 11.6. The van der Waals surface area contributed by atoms with Crippen molar-refractivity contribution >= 4 is 17.2 Å². The number of carbonyl (C=O) groups excluding carboxylic acids is 1. The standard InChI is InChI=1S/C7H7F3N2O2S/c1-12(14-2)5(13)4-3-15-6(11-4)7(8,9)10/h3H,1-2H3. The highest BCUT2D eigenvalue weighted by atomic mass is 32.1. The smallest absolute Gasteiger partial charge is 0.274 e. The van der Waals surface area contributed by atoms with Gasteiger partial charge >= 0.3 is 6.18 Å². The van der Waals surface area contributed by atoms with Crippen molar-refractivity contribution in [1.82, 2.24) is 10.0 Å². The summed E-state index contributed by atoms with van der Waals surface area (Å²) in [5.41, 5.74) is -0.281. The molecule has 0 saturated heterocycles. The molecule has 0 bridgehead atoms. The molecule has 1 heterocycles. The van der Waals surface area contributed by atoms with E-state index in [9.17, 15) is 18.0 Å². The van der Waals surface area contributed by atoms with E-state index in [2.05, 4.69) is 9.82 Å². The number of alkyl halides is 3. The van der Waals surface area contributed by atoms with Gasteiger partial charge in [0.15, 0.2) is 5.01 Å². The highest BCUT2D eigenvalue weighted by molar-refractivity contribution is 7.09. The van der Waals surface area contributed by atoms with Gasteiger partial charge in [0.2, 0.25) is 0 Å². The van der Waals surface area contributed by atoms with E-state index in [-0.39, 0.29) is 5.69 Å². The van der Waals surface area contributed by atoms with Crippen LogP contribution in [0.5, 0.6) is 0 Å². The molecule has 0 saturated carbocycles. The highest BCUT2D eigenvalue weighted by Crippen LogP contribution is 2.31. The highest BCUT2D eigenvalue weighted by Gasteiger charge is 2.35. The van der Waals surface area contributed by atoms with Gasteiger partial charge in [-0.05, 0) is 0 Å². The Balaban J connectivity index is 2.90. The molecule has 1 aromatic heterocycles. The molecular formula is C7H7F3N2O2S. The van der Waals surface area contributed by atoms with Crippen LogP contribution in [0, 0.1) is 0 Å². The van der Waals surface area contributed by atoms with Gasteiger partial charge in [-0.15, -0.1) is 11.3 Å². The Morgan fingerprint density at radius 2 is 2.20 bits per heavy atom. The number of aromatic nitrogens is 1. The first kappa shape index (κ1) is 11.9. The van der Waals surface area contributed by atoms with Crippen molar-refractivity contribution in [2.24, 2.45) is 0 Å². The van der Waals surface area contributed by atoms with Crippen LogP contribution in [0.25, 0.3) is 0 Å². The maximum atomic E-state index is 12.1. The second kappa shape index (κ2) is 4.15. The number of carbonyl (C=O) groups is 1. The van der Waals surface area contributed by atoms with E-state index in [4.69, 9.17) is 0 Å². The van der Waals surface area contributed by atoms with Gasteiger partial charge < -0.3 is 0 Å². The third-order valence-corrected chi connectivity index (χ3v) is 2.41. The number of nitrogens with zero attached hydrogens (tertiary/aromatic N) is 2. The third-order valence-electron chi connectivity index (χ3n) is 1.53. The molecule has 0 aliphatic rings. The van der Waals surface area contributed by atoms with Crippen molar-refractivity contribution in [2.45, 2.75) is 6.18 Å². The summed E-state index contributed by atoms with van der Waals surface area (Å²) in [5, 5.41) is 0.797. The predicted octanol–water partition coefficient (Wildman–Crippen LogP) is 1.80. The van der Waals surface area contributed by atoms with Crippen LogP contribution in [-0.4, -0.2) is 30.1 Å². The Morgan fingerprint density at radius 3 is 2.60 bits per heavy atom. The summed E-state index contributed by atoms with van der Waals surface area (Å²) >= 11 is 0.374. The van der Waals surface area contributed by atoms with E-state index < -0.39 is 17.1 Å². The van der Waals surface area contributed by atoms with Crippen LogP contribution < -0.4 is 0 Å². The van der Waals surface area contributed by atoms with Crippen LogP contribution in [-0.2, 0) is 11.0 Å². The van der Waals surface area contributed by atoms with Crippen molar-refractivity contribution in [1.29, 1.82) is 0 Å². The second-order valence-corrected chi connectivity index (χ2v) is 3.38. The molecule has 15 heavy (non-hydrogen) atoms. The fraction of sp³-hybridized carbons (Fsp3) is 0.429. The fourth-order valence-corrected chi connectivity index (χ4v) is 1.41. The van der Waals surface area contributed by atoms with Crippen molar-refractivity contribution in [3.8, 4) is 0 Å². The van der Waals surface area contributed by atoms with Gasteiger partial charge in [0.05, 0.1) is 7.11 Å². The fourth-order valence-electron chi connectivity index (χ4n) is 0.746. The predicted molar refractivity (Wildman–Crippen MR) is 46.2 cm³/mol. The monoisotopic (exact) mass is 240 g/mol. The number of halogens is 3. The summed E-state index contributed by atoms with van der Waals surface area (Å²) in [6.45, 7) is 0. The minimum Gasteiger partial charge on any atom is -0.274 e. The van der Waals surface area contributed by atoms with Crippen LogP contribution in [0.1, 0.15) is 15.5 Å². The average molecular weight is 240 g/mol. The second-order valence-electron chi connectivity index (χ2n) is 2.52. The number of amides is 1. The quantitative estimate of drug-likeness (QED) is 0.740. The van der Waals surface area contributed by atoms with Crippen molar-refractivity contribution < 1.29 is 22.8 Å². The van der Waals surface area contributed by atoms with Crippen LogP contribution >= 0.6 is 11.3 Å². The van der Waals surface area contributed by atoms with Gasteiger partial charge in [-0.1, -0.05) is 0 Å². The van der Waals surface area contributed by atoms with Crippen LogP contribution in [0.3, 0.4) is 0 Å². The molecule has 0 spiro atoms. The molecule has 1 aromatic rings. The van der Waals surface area contributed by atoms with Gasteiger partial charge in [0, 0.05) is 12.4 Å². The van der Waals surface area contributed by atoms with Crippen LogP contribution in [0.2, 0.25) is 0 Å². The summed E-state index contributed by atoms with van der Waals surface area (Å²) in [6, 6.07) is 0. The lowest BCUT2D eigenvalue weighted by Crippen LogP contribution is -2.25. The molecule has 1 rings (SSSR count). The van der Waals surface area contributed by atoms with Gasteiger partial charge in [0.1, 0.15) is 5.69 Å². The lowest BCUT2D eigenvalue weighted by molar-refractivity contribution is -0.137. The Bertz CT molecular complexity index is 363. The number of rotatable bonds is 2. The van der Waals surface area contributed by atoms with E-state index in [1.54, 1.807) is 0 Å². The molecule has 0 fully saturated rings. The lowest BCUT2D eigenvalue weighted by Gasteiger charge is -2.11. The van der Waals surface area contributed by atoms with E-state index >= 15 is 0 Å². The Kier molecular flexibility index (Phi) is 3.30. The van der Waals surface area contributed by atoms with Gasteiger partial charge in [-0.25, -0.2) is 10.0 Å². The topological polar surface area (TPSA) is 42.4 Å². The Labute approximate surface area is 87.2 Å². The lowest BCUT2D eigenvalue weighted by atomic mass is 10.4. The summed E-state index contributed by atoms with van der Waals surface area (Å²) in [6.07, 6.45) is -4.52. The molecule has 84 valence electrons. The molecule has 0 aliphatic heterocycles. The summed E-state index contributed by atoms with van der Waals surface area (Å²) in [4.78, 5) is 19.0. The summed E-state index contributed by atoms with van der Waals surface area (Å²) < 4.78 is 36.4. The van der Waals surface area contributed by atoms with Crippen molar-refractivity contribution in [2.75, 3.05) is 14.2 Å². The maximum Gasteiger partial charge on any atom is 0.443 e. The minimum atomic E-state index is -4.52. The van der Waals surface area contributed by atoms with Crippen molar-refractivity contribution in [3.05, 3.63) is 16.1 Å². The zero-order valence-electron chi connectivity index (χ0n) is 7.83. The number of hydroxylamine groups is 2. The minimum absolute atomic E-state index is 0.281. The first-order valence-corrected chi connectivity index (χ1v) is 4.59. The van der Waals surface area contributed by atoms with E-state index in [0.29, 0.717) is 11.3 Å². The maximum absolute atomic E-state index is 12.1. The Hall–Kier alpha value is -1.15. The molecule has 8 heteroatoms. The molecule has 0 atom stereocenters. The molecule has 0 unspecified atom stereocenters. The van der Waals surface area contributed by atoms with E-state index in [0.717, 1.165) is 10.4 Å². The van der Waals surface area contributed by atoms with E-state index in [1.165, 1.54) is 14.2 Å². The largest absolute Gasteiger partial charge is 0.443 e.